The highest BCUT2D eigenvalue weighted by molar-refractivity contribution is 6.35. The van der Waals surface area contributed by atoms with Crippen molar-refractivity contribution in [3.8, 4) is 0 Å². The molecule has 82 valence electrons. The lowest BCUT2D eigenvalue weighted by atomic mass is 10.2. The summed E-state index contributed by atoms with van der Waals surface area (Å²) in [6, 6.07) is 4.95. The molecule has 0 atom stereocenters. The molecule has 1 heterocycles. The fourth-order valence-corrected chi connectivity index (χ4v) is 1.88. The second kappa shape index (κ2) is 4.28. The highest BCUT2D eigenvalue weighted by Crippen LogP contribution is 2.23. The van der Waals surface area contributed by atoms with E-state index in [1.54, 1.807) is 18.2 Å². The zero-order valence-electron chi connectivity index (χ0n) is 8.11. The molecule has 3 nitrogen and oxygen atoms in total. The number of rotatable bonds is 2. The standard InChI is InChI=1S/C11H7Cl2NO2/c12-8-2-1-7(9(13)5-8)6-14-10(15)3-4-11(14)16/h1-5H,6H2. The van der Waals surface area contributed by atoms with Gasteiger partial charge >= 0.3 is 0 Å². The van der Waals surface area contributed by atoms with Crippen molar-refractivity contribution in [2.45, 2.75) is 6.54 Å². The normalized spacial score (nSPS) is 15.0. The summed E-state index contributed by atoms with van der Waals surface area (Å²) in [5, 5.41) is 0.964. The van der Waals surface area contributed by atoms with Gasteiger partial charge in [0.15, 0.2) is 0 Å². The van der Waals surface area contributed by atoms with Crippen LogP contribution in [-0.2, 0) is 16.1 Å². The Morgan fingerprint density at radius 3 is 2.25 bits per heavy atom. The van der Waals surface area contributed by atoms with Crippen molar-refractivity contribution in [2.75, 3.05) is 0 Å². The Hall–Kier alpha value is -1.32. The number of hydrogen-bond acceptors (Lipinski definition) is 2. The topological polar surface area (TPSA) is 37.4 Å². The SMILES string of the molecule is O=C1C=CC(=O)N1Cc1ccc(Cl)cc1Cl. The van der Waals surface area contributed by atoms with Gasteiger partial charge in [-0.15, -0.1) is 0 Å². The lowest BCUT2D eigenvalue weighted by Crippen LogP contribution is -2.29. The van der Waals surface area contributed by atoms with E-state index in [1.165, 1.54) is 12.2 Å². The minimum atomic E-state index is -0.323. The van der Waals surface area contributed by atoms with Gasteiger partial charge in [0, 0.05) is 22.2 Å². The molecular weight excluding hydrogens is 249 g/mol. The van der Waals surface area contributed by atoms with Gasteiger partial charge in [0.1, 0.15) is 0 Å². The molecule has 0 saturated carbocycles. The fourth-order valence-electron chi connectivity index (χ4n) is 1.41. The van der Waals surface area contributed by atoms with Gasteiger partial charge in [0.2, 0.25) is 0 Å². The van der Waals surface area contributed by atoms with Crippen molar-refractivity contribution in [2.24, 2.45) is 0 Å². The quantitative estimate of drug-likeness (QED) is 0.762. The first-order valence-corrected chi connectivity index (χ1v) is 5.31. The van der Waals surface area contributed by atoms with Gasteiger partial charge in [-0.1, -0.05) is 29.3 Å². The molecule has 0 radical (unpaired) electrons. The molecule has 5 heteroatoms. The largest absolute Gasteiger partial charge is 0.271 e. The molecule has 0 aliphatic carbocycles. The van der Waals surface area contributed by atoms with Gasteiger partial charge in [-0.25, -0.2) is 0 Å². The molecule has 2 rings (SSSR count). The zero-order chi connectivity index (χ0) is 11.7. The molecule has 0 unspecified atom stereocenters. The number of carbonyl (C=O) groups is 2. The maximum absolute atomic E-state index is 11.3. The van der Waals surface area contributed by atoms with Crippen LogP contribution in [0.25, 0.3) is 0 Å². The summed E-state index contributed by atoms with van der Waals surface area (Å²) in [5.41, 5.74) is 0.691. The van der Waals surface area contributed by atoms with Crippen LogP contribution >= 0.6 is 23.2 Å². The third kappa shape index (κ3) is 2.10. The van der Waals surface area contributed by atoms with Crippen molar-refractivity contribution in [3.63, 3.8) is 0 Å². The van der Waals surface area contributed by atoms with Gasteiger partial charge in [0.25, 0.3) is 11.8 Å². The van der Waals surface area contributed by atoms with Crippen LogP contribution in [0.15, 0.2) is 30.4 Å². The van der Waals surface area contributed by atoms with Crippen LogP contribution in [0.4, 0.5) is 0 Å². The second-order valence-electron chi connectivity index (χ2n) is 3.33. The highest BCUT2D eigenvalue weighted by Gasteiger charge is 2.23. The third-order valence-electron chi connectivity index (χ3n) is 2.24. The smallest absolute Gasteiger partial charge is 0.253 e. The summed E-state index contributed by atoms with van der Waals surface area (Å²) in [6.07, 6.45) is 2.48. The number of nitrogens with zero attached hydrogens (tertiary/aromatic N) is 1. The predicted octanol–water partition coefficient (Wildman–Crippen LogP) is 2.42. The van der Waals surface area contributed by atoms with E-state index in [0.29, 0.717) is 15.6 Å². The van der Waals surface area contributed by atoms with Gasteiger partial charge < -0.3 is 0 Å². The minimum absolute atomic E-state index is 0.167. The number of halogens is 2. The fraction of sp³-hybridized carbons (Fsp3) is 0.0909. The summed E-state index contributed by atoms with van der Waals surface area (Å²) >= 11 is 11.7. The Balaban J connectivity index is 2.21. The number of carbonyl (C=O) groups excluding carboxylic acids is 2. The maximum atomic E-state index is 11.3. The first-order valence-electron chi connectivity index (χ1n) is 4.55. The molecule has 0 fully saturated rings. The number of imide groups is 1. The number of benzene rings is 1. The third-order valence-corrected chi connectivity index (χ3v) is 2.83. The molecule has 1 aromatic carbocycles. The number of hydrogen-bond donors (Lipinski definition) is 0. The van der Waals surface area contributed by atoms with Crippen LogP contribution in [0, 0.1) is 0 Å². The maximum Gasteiger partial charge on any atom is 0.253 e. The first kappa shape index (κ1) is 11.2. The summed E-state index contributed by atoms with van der Waals surface area (Å²) < 4.78 is 0. The molecule has 1 aliphatic rings. The van der Waals surface area contributed by atoms with Crippen molar-refractivity contribution < 1.29 is 9.59 Å². The summed E-state index contributed by atoms with van der Waals surface area (Å²) in [7, 11) is 0. The van der Waals surface area contributed by atoms with E-state index >= 15 is 0 Å². The first-order chi connectivity index (χ1) is 7.58. The van der Waals surface area contributed by atoms with Crippen molar-refractivity contribution in [1.29, 1.82) is 0 Å². The lowest BCUT2D eigenvalue weighted by Gasteiger charge is -2.14. The second-order valence-corrected chi connectivity index (χ2v) is 4.18. The lowest BCUT2D eigenvalue weighted by molar-refractivity contribution is -0.137. The van der Waals surface area contributed by atoms with Crippen LogP contribution in [0.5, 0.6) is 0 Å². The van der Waals surface area contributed by atoms with Crippen LogP contribution in [0.2, 0.25) is 10.0 Å². The molecule has 0 spiro atoms. The molecule has 2 amide bonds. The van der Waals surface area contributed by atoms with Gasteiger partial charge in [0.05, 0.1) is 6.54 Å². The van der Waals surface area contributed by atoms with Crippen molar-refractivity contribution >= 4 is 35.0 Å². The summed E-state index contributed by atoms with van der Waals surface area (Å²) in [5.74, 6) is -0.646. The Bertz CT molecular complexity index is 479. The zero-order valence-corrected chi connectivity index (χ0v) is 9.63. The van der Waals surface area contributed by atoms with E-state index in [9.17, 15) is 9.59 Å². The van der Waals surface area contributed by atoms with Crippen molar-refractivity contribution in [3.05, 3.63) is 46.0 Å². The van der Waals surface area contributed by atoms with Crippen LogP contribution < -0.4 is 0 Å². The van der Waals surface area contributed by atoms with Crippen LogP contribution in [-0.4, -0.2) is 16.7 Å². The minimum Gasteiger partial charge on any atom is -0.271 e. The Morgan fingerprint density at radius 1 is 1.06 bits per heavy atom. The van der Waals surface area contributed by atoms with E-state index in [1.807, 2.05) is 0 Å². The molecule has 0 N–H and O–H groups in total. The van der Waals surface area contributed by atoms with Gasteiger partial charge in [-0.3, -0.25) is 14.5 Å². The predicted molar refractivity (Wildman–Crippen MR) is 61.2 cm³/mol. The molecule has 1 aromatic rings. The average Bonchev–Trinajstić information content (AvgIpc) is 2.53. The molecule has 0 aromatic heterocycles. The Kier molecular flexibility index (Phi) is 2.99. The molecule has 16 heavy (non-hydrogen) atoms. The monoisotopic (exact) mass is 255 g/mol. The van der Waals surface area contributed by atoms with Gasteiger partial charge in [-0.2, -0.15) is 0 Å². The highest BCUT2D eigenvalue weighted by atomic mass is 35.5. The van der Waals surface area contributed by atoms with Crippen LogP contribution in [0.1, 0.15) is 5.56 Å². The van der Waals surface area contributed by atoms with E-state index in [0.717, 1.165) is 4.90 Å². The van der Waals surface area contributed by atoms with Crippen LogP contribution in [0.3, 0.4) is 0 Å². The molecule has 0 bridgehead atoms. The Morgan fingerprint density at radius 2 is 1.69 bits per heavy atom. The average molecular weight is 256 g/mol. The number of amides is 2. The van der Waals surface area contributed by atoms with E-state index in [4.69, 9.17) is 23.2 Å². The van der Waals surface area contributed by atoms with E-state index < -0.39 is 0 Å². The van der Waals surface area contributed by atoms with E-state index in [2.05, 4.69) is 0 Å². The summed E-state index contributed by atoms with van der Waals surface area (Å²) in [6.45, 7) is 0.167. The molecule has 0 saturated heterocycles. The van der Waals surface area contributed by atoms with Gasteiger partial charge in [-0.05, 0) is 17.7 Å². The van der Waals surface area contributed by atoms with E-state index in [-0.39, 0.29) is 18.4 Å². The molecular formula is C11H7Cl2NO2. The summed E-state index contributed by atoms with van der Waals surface area (Å²) in [4.78, 5) is 23.8. The van der Waals surface area contributed by atoms with Crippen molar-refractivity contribution in [1.82, 2.24) is 4.90 Å². The Labute approximate surface area is 102 Å². The molecule has 1 aliphatic heterocycles.